The topological polar surface area (TPSA) is 88.4 Å². The summed E-state index contributed by atoms with van der Waals surface area (Å²) in [4.78, 5) is 12.3. The summed E-state index contributed by atoms with van der Waals surface area (Å²) >= 11 is 0. The fourth-order valence-corrected chi connectivity index (χ4v) is 5.20. The van der Waals surface area contributed by atoms with E-state index in [0.717, 1.165) is 17.7 Å². The summed E-state index contributed by atoms with van der Waals surface area (Å²) in [6, 6.07) is 14.0. The number of aryl methyl sites for hydroxylation is 1. The SMILES string of the molecule is CCNC(=O)c1cccc(-n2ncc3c(NCC(O)(CC(C)(C)c4cc(F)ccc4OC)C(F)(F)F)cc(C)cc32)c1. The van der Waals surface area contributed by atoms with Gasteiger partial charge >= 0.3 is 6.18 Å². The van der Waals surface area contributed by atoms with Crippen LogP contribution in [0.4, 0.5) is 23.2 Å². The minimum atomic E-state index is -5.01. The molecule has 0 aliphatic carbocycles. The predicted molar refractivity (Wildman–Crippen MR) is 154 cm³/mol. The smallest absolute Gasteiger partial charge is 0.418 e. The number of carbonyl (C=O) groups is 1. The molecule has 4 rings (SSSR count). The molecule has 0 aliphatic rings. The van der Waals surface area contributed by atoms with Gasteiger partial charge in [0.05, 0.1) is 31.1 Å². The van der Waals surface area contributed by atoms with Crippen molar-refractivity contribution in [3.8, 4) is 11.4 Å². The van der Waals surface area contributed by atoms with Crippen LogP contribution in [-0.4, -0.2) is 52.8 Å². The number of ether oxygens (including phenoxy) is 1. The molecule has 0 saturated carbocycles. The Labute approximate surface area is 241 Å². The average molecular weight is 587 g/mol. The van der Waals surface area contributed by atoms with E-state index in [-0.39, 0.29) is 17.2 Å². The lowest BCUT2D eigenvalue weighted by molar-refractivity contribution is -0.260. The van der Waals surface area contributed by atoms with Crippen molar-refractivity contribution in [2.24, 2.45) is 0 Å². The van der Waals surface area contributed by atoms with Gasteiger partial charge in [-0.1, -0.05) is 19.9 Å². The lowest BCUT2D eigenvalue weighted by atomic mass is 9.74. The average Bonchev–Trinajstić information content (AvgIpc) is 3.35. The molecule has 0 bridgehead atoms. The number of halogens is 4. The molecule has 0 saturated heterocycles. The van der Waals surface area contributed by atoms with E-state index in [2.05, 4.69) is 15.7 Å². The number of aliphatic hydroxyl groups is 1. The second kappa shape index (κ2) is 11.6. The highest BCUT2D eigenvalue weighted by molar-refractivity contribution is 5.96. The van der Waals surface area contributed by atoms with Crippen molar-refractivity contribution in [2.45, 2.75) is 51.3 Å². The molecule has 11 heteroatoms. The number of amides is 1. The Morgan fingerprint density at radius 2 is 1.83 bits per heavy atom. The lowest BCUT2D eigenvalue weighted by Crippen LogP contribution is -2.53. The maximum Gasteiger partial charge on any atom is 0.418 e. The number of benzene rings is 3. The summed E-state index contributed by atoms with van der Waals surface area (Å²) in [7, 11) is 1.35. The third-order valence-electron chi connectivity index (χ3n) is 7.25. The molecular formula is C31H34F4N4O3. The molecule has 1 heterocycles. The number of aromatic nitrogens is 2. The second-order valence-electron chi connectivity index (χ2n) is 11.0. The Morgan fingerprint density at radius 1 is 1.10 bits per heavy atom. The van der Waals surface area contributed by atoms with Crippen molar-refractivity contribution in [1.82, 2.24) is 15.1 Å². The molecule has 224 valence electrons. The summed E-state index contributed by atoms with van der Waals surface area (Å²) in [5.41, 5.74) is -1.55. The minimum absolute atomic E-state index is 0.210. The zero-order valence-corrected chi connectivity index (χ0v) is 24.1. The summed E-state index contributed by atoms with van der Waals surface area (Å²) in [5, 5.41) is 21.6. The molecule has 3 N–H and O–H groups in total. The number of rotatable bonds is 10. The largest absolute Gasteiger partial charge is 0.496 e. The molecule has 3 aromatic carbocycles. The van der Waals surface area contributed by atoms with Gasteiger partial charge in [0.2, 0.25) is 0 Å². The van der Waals surface area contributed by atoms with E-state index in [9.17, 15) is 27.5 Å². The Bertz CT molecular complexity index is 1600. The van der Waals surface area contributed by atoms with Crippen molar-refractivity contribution in [3.63, 3.8) is 0 Å². The normalized spacial score (nSPS) is 13.6. The van der Waals surface area contributed by atoms with Crippen LogP contribution >= 0.6 is 0 Å². The highest BCUT2D eigenvalue weighted by Crippen LogP contribution is 2.44. The van der Waals surface area contributed by atoms with E-state index < -0.39 is 36.0 Å². The van der Waals surface area contributed by atoms with Gasteiger partial charge in [-0.2, -0.15) is 18.3 Å². The molecule has 0 radical (unpaired) electrons. The number of fused-ring (bicyclic) bond motifs is 1. The number of alkyl halides is 3. The molecule has 0 fully saturated rings. The molecule has 1 atom stereocenters. The molecular weight excluding hydrogens is 552 g/mol. The third-order valence-corrected chi connectivity index (χ3v) is 7.25. The molecule has 4 aromatic rings. The maximum absolute atomic E-state index is 14.4. The van der Waals surface area contributed by atoms with Crippen LogP contribution in [0.2, 0.25) is 0 Å². The third kappa shape index (κ3) is 6.20. The van der Waals surface area contributed by atoms with Gasteiger partial charge in [-0.15, -0.1) is 0 Å². The van der Waals surface area contributed by atoms with Gasteiger partial charge in [-0.05, 0) is 79.8 Å². The Kier molecular flexibility index (Phi) is 8.54. The fraction of sp³-hybridized carbons (Fsp3) is 0.355. The first-order chi connectivity index (χ1) is 19.7. The molecule has 1 amide bonds. The van der Waals surface area contributed by atoms with Gasteiger partial charge < -0.3 is 20.5 Å². The van der Waals surface area contributed by atoms with Gasteiger partial charge in [0.15, 0.2) is 5.60 Å². The van der Waals surface area contributed by atoms with Crippen molar-refractivity contribution in [1.29, 1.82) is 0 Å². The molecule has 0 aliphatic heterocycles. The molecule has 1 aromatic heterocycles. The fourth-order valence-electron chi connectivity index (χ4n) is 5.20. The quantitative estimate of drug-likeness (QED) is 0.190. The van der Waals surface area contributed by atoms with Crippen LogP contribution in [0.25, 0.3) is 16.6 Å². The van der Waals surface area contributed by atoms with Gasteiger partial charge in [0, 0.05) is 28.7 Å². The van der Waals surface area contributed by atoms with Gasteiger partial charge in [-0.3, -0.25) is 4.79 Å². The van der Waals surface area contributed by atoms with Crippen LogP contribution in [0.3, 0.4) is 0 Å². The maximum atomic E-state index is 14.4. The Balaban J connectivity index is 1.68. The Hall–Kier alpha value is -4.12. The molecule has 0 spiro atoms. The van der Waals surface area contributed by atoms with E-state index in [0.29, 0.717) is 34.4 Å². The lowest BCUT2D eigenvalue weighted by Gasteiger charge is -2.38. The minimum Gasteiger partial charge on any atom is -0.496 e. The summed E-state index contributed by atoms with van der Waals surface area (Å²) < 4.78 is 64.3. The zero-order chi connectivity index (χ0) is 30.9. The Morgan fingerprint density at radius 3 is 2.50 bits per heavy atom. The van der Waals surface area contributed by atoms with Crippen LogP contribution in [0, 0.1) is 12.7 Å². The van der Waals surface area contributed by atoms with Crippen molar-refractivity contribution < 1.29 is 32.2 Å². The summed E-state index contributed by atoms with van der Waals surface area (Å²) in [5.74, 6) is -0.634. The van der Waals surface area contributed by atoms with E-state index in [1.807, 2.05) is 13.0 Å². The van der Waals surface area contributed by atoms with E-state index in [4.69, 9.17) is 4.74 Å². The molecule has 7 nitrogen and oxygen atoms in total. The number of nitrogens with zero attached hydrogens (tertiary/aromatic N) is 2. The van der Waals surface area contributed by atoms with Crippen molar-refractivity contribution in [3.05, 3.63) is 83.3 Å². The van der Waals surface area contributed by atoms with Crippen molar-refractivity contribution in [2.75, 3.05) is 25.5 Å². The number of methoxy groups -OCH3 is 1. The highest BCUT2D eigenvalue weighted by atomic mass is 19.4. The van der Waals surface area contributed by atoms with E-state index >= 15 is 0 Å². The number of carbonyl (C=O) groups excluding carboxylic acids is 1. The van der Waals surface area contributed by atoms with Crippen molar-refractivity contribution >= 4 is 22.5 Å². The van der Waals surface area contributed by atoms with E-state index in [1.165, 1.54) is 33.2 Å². The van der Waals surface area contributed by atoms with Crippen LogP contribution in [0.15, 0.2) is 60.8 Å². The first-order valence-corrected chi connectivity index (χ1v) is 13.4. The van der Waals surface area contributed by atoms with Gasteiger partial charge in [-0.25, -0.2) is 9.07 Å². The standard InChI is InChI=1S/C31H34F4N4O3/c1-6-36-28(40)20-8-7-9-22(14-20)39-26-13-19(2)12-25(23(26)16-38-39)37-18-30(41,31(33,34)35)17-29(3,4)24-15-21(32)10-11-27(24)42-5/h7-16,37,41H,6,17-18H2,1-5H3,(H,36,40). The monoisotopic (exact) mass is 586 g/mol. The van der Waals surface area contributed by atoms with Crippen LogP contribution in [0.5, 0.6) is 5.75 Å². The number of hydrogen-bond acceptors (Lipinski definition) is 5. The predicted octanol–water partition coefficient (Wildman–Crippen LogP) is 6.30. The van der Waals surface area contributed by atoms with Crippen LogP contribution < -0.4 is 15.4 Å². The number of anilines is 1. The molecule has 42 heavy (non-hydrogen) atoms. The van der Waals surface area contributed by atoms with E-state index in [1.54, 1.807) is 41.9 Å². The van der Waals surface area contributed by atoms with Crippen LogP contribution in [-0.2, 0) is 5.41 Å². The second-order valence-corrected chi connectivity index (χ2v) is 11.0. The summed E-state index contributed by atoms with van der Waals surface area (Å²) in [6.07, 6.45) is -4.26. The van der Waals surface area contributed by atoms with Crippen LogP contribution in [0.1, 0.15) is 48.7 Å². The first kappa shape index (κ1) is 30.8. The molecule has 1 unspecified atom stereocenters. The summed E-state index contributed by atoms with van der Waals surface area (Å²) in [6.45, 7) is 6.23. The zero-order valence-electron chi connectivity index (χ0n) is 24.1. The number of nitrogens with one attached hydrogen (secondary N) is 2. The number of hydrogen-bond donors (Lipinski definition) is 3. The first-order valence-electron chi connectivity index (χ1n) is 13.4. The van der Waals surface area contributed by atoms with Gasteiger partial charge in [0.25, 0.3) is 5.91 Å². The highest BCUT2D eigenvalue weighted by Gasteiger charge is 2.56. The van der Waals surface area contributed by atoms with Gasteiger partial charge in [0.1, 0.15) is 11.6 Å².